The van der Waals surface area contributed by atoms with Crippen molar-refractivity contribution in [2.45, 2.75) is 4.90 Å². The Hall–Kier alpha value is -2.87. The highest BCUT2D eigenvalue weighted by Gasteiger charge is 2.18. The van der Waals surface area contributed by atoms with Gasteiger partial charge in [-0.2, -0.15) is 0 Å². The predicted molar refractivity (Wildman–Crippen MR) is 105 cm³/mol. The number of hydrazine groups is 1. The molecule has 138 valence electrons. The smallest absolute Gasteiger partial charge is 0.267 e. The monoisotopic (exact) mass is 401 g/mol. The molecule has 0 heterocycles. The first-order chi connectivity index (χ1) is 12.9. The van der Waals surface area contributed by atoms with Gasteiger partial charge in [0.15, 0.2) is 0 Å². The van der Waals surface area contributed by atoms with Gasteiger partial charge in [-0.1, -0.05) is 48.0 Å². The molecule has 3 aromatic rings. The minimum absolute atomic E-state index is 0.0444. The van der Waals surface area contributed by atoms with Crippen LogP contribution in [0.25, 0.3) is 0 Å². The lowest BCUT2D eigenvalue weighted by molar-refractivity contribution is 0.0953. The second-order valence-corrected chi connectivity index (χ2v) is 7.57. The highest BCUT2D eigenvalue weighted by atomic mass is 35.5. The Kier molecular flexibility index (Phi) is 5.46. The van der Waals surface area contributed by atoms with Crippen LogP contribution in [0.2, 0.25) is 5.02 Å². The molecule has 8 heteroatoms. The van der Waals surface area contributed by atoms with Crippen molar-refractivity contribution in [1.29, 1.82) is 0 Å². The minimum Gasteiger partial charge on any atom is -0.267 e. The van der Waals surface area contributed by atoms with Crippen molar-refractivity contribution in [2.24, 2.45) is 5.14 Å². The Morgan fingerprint density at radius 3 is 1.89 bits per heavy atom. The summed E-state index contributed by atoms with van der Waals surface area (Å²) in [6, 6.07) is 22.4. The van der Waals surface area contributed by atoms with E-state index in [4.69, 9.17) is 16.7 Å². The van der Waals surface area contributed by atoms with E-state index in [-0.39, 0.29) is 15.5 Å². The molecule has 0 aromatic heterocycles. The van der Waals surface area contributed by atoms with Gasteiger partial charge in [0, 0.05) is 5.56 Å². The molecule has 0 saturated heterocycles. The van der Waals surface area contributed by atoms with Crippen LogP contribution in [0, 0.1) is 0 Å². The number of nitrogens with one attached hydrogen (secondary N) is 1. The normalized spacial score (nSPS) is 11.0. The average molecular weight is 402 g/mol. The Morgan fingerprint density at radius 2 is 1.41 bits per heavy atom. The number of para-hydroxylation sites is 2. The average Bonchev–Trinajstić information content (AvgIpc) is 2.66. The lowest BCUT2D eigenvalue weighted by Gasteiger charge is -2.25. The zero-order valence-corrected chi connectivity index (χ0v) is 15.6. The van der Waals surface area contributed by atoms with Crippen LogP contribution < -0.4 is 15.6 Å². The van der Waals surface area contributed by atoms with E-state index in [0.29, 0.717) is 0 Å². The van der Waals surface area contributed by atoms with Gasteiger partial charge < -0.3 is 0 Å². The number of rotatable bonds is 5. The maximum atomic E-state index is 12.8. The number of halogens is 1. The molecule has 3 N–H and O–H groups in total. The minimum atomic E-state index is -4.05. The summed E-state index contributed by atoms with van der Waals surface area (Å²) < 4.78 is 23.3. The van der Waals surface area contributed by atoms with Gasteiger partial charge in [0.2, 0.25) is 10.0 Å². The summed E-state index contributed by atoms with van der Waals surface area (Å²) in [4.78, 5) is 12.5. The summed E-state index contributed by atoms with van der Waals surface area (Å²) in [5.74, 6) is -0.510. The SMILES string of the molecule is NS(=O)(=O)c1cc(C(=O)NN(c2ccccc2)c2ccccc2)ccc1Cl. The van der Waals surface area contributed by atoms with Gasteiger partial charge in [0.05, 0.1) is 16.4 Å². The van der Waals surface area contributed by atoms with Crippen molar-refractivity contribution in [2.75, 3.05) is 5.01 Å². The van der Waals surface area contributed by atoms with E-state index in [9.17, 15) is 13.2 Å². The summed E-state index contributed by atoms with van der Waals surface area (Å²) in [5.41, 5.74) is 4.36. The van der Waals surface area contributed by atoms with Crippen molar-refractivity contribution < 1.29 is 13.2 Å². The van der Waals surface area contributed by atoms with Crippen LogP contribution >= 0.6 is 11.6 Å². The fourth-order valence-electron chi connectivity index (χ4n) is 2.46. The van der Waals surface area contributed by atoms with E-state index in [0.717, 1.165) is 17.4 Å². The van der Waals surface area contributed by atoms with E-state index >= 15 is 0 Å². The number of hydrogen-bond donors (Lipinski definition) is 2. The van der Waals surface area contributed by atoms with Crippen LogP contribution in [-0.4, -0.2) is 14.3 Å². The van der Waals surface area contributed by atoms with Crippen LogP contribution in [-0.2, 0) is 10.0 Å². The number of sulfonamides is 1. The second kappa shape index (κ2) is 7.79. The molecular weight excluding hydrogens is 386 g/mol. The zero-order valence-electron chi connectivity index (χ0n) is 14.0. The molecule has 0 saturated carbocycles. The second-order valence-electron chi connectivity index (χ2n) is 5.64. The molecule has 0 fully saturated rings. The van der Waals surface area contributed by atoms with Crippen molar-refractivity contribution in [3.8, 4) is 0 Å². The first-order valence-electron chi connectivity index (χ1n) is 7.90. The molecule has 3 aromatic carbocycles. The van der Waals surface area contributed by atoms with Gasteiger partial charge in [0.25, 0.3) is 5.91 Å². The Balaban J connectivity index is 1.97. The molecule has 27 heavy (non-hydrogen) atoms. The number of carbonyl (C=O) groups is 1. The third-order valence-electron chi connectivity index (χ3n) is 3.74. The number of primary sulfonamides is 1. The van der Waals surface area contributed by atoms with Crippen LogP contribution in [0.3, 0.4) is 0 Å². The number of nitrogens with zero attached hydrogens (tertiary/aromatic N) is 1. The van der Waals surface area contributed by atoms with Gasteiger partial charge >= 0.3 is 0 Å². The van der Waals surface area contributed by atoms with Gasteiger partial charge in [-0.3, -0.25) is 15.2 Å². The molecule has 0 aliphatic heterocycles. The maximum absolute atomic E-state index is 12.8. The Labute approximate surface area is 162 Å². The molecule has 0 atom stereocenters. The molecule has 0 bridgehead atoms. The molecule has 0 unspecified atom stereocenters. The van der Waals surface area contributed by atoms with E-state index in [2.05, 4.69) is 5.43 Å². The van der Waals surface area contributed by atoms with Gasteiger partial charge in [0.1, 0.15) is 4.90 Å². The summed E-state index contributed by atoms with van der Waals surface area (Å²) >= 11 is 5.88. The predicted octanol–water partition coefficient (Wildman–Crippen LogP) is 3.47. The number of hydrogen-bond acceptors (Lipinski definition) is 4. The Morgan fingerprint density at radius 1 is 0.889 bits per heavy atom. The first-order valence-corrected chi connectivity index (χ1v) is 9.82. The van der Waals surface area contributed by atoms with E-state index in [1.54, 1.807) is 5.01 Å². The van der Waals surface area contributed by atoms with Gasteiger partial charge in [-0.05, 0) is 42.5 Å². The molecular formula is C19H16ClN3O3S. The zero-order chi connectivity index (χ0) is 19.4. The molecule has 1 amide bonds. The lowest BCUT2D eigenvalue weighted by atomic mass is 10.2. The Bertz CT molecular complexity index is 1020. The maximum Gasteiger partial charge on any atom is 0.270 e. The van der Waals surface area contributed by atoms with Crippen LogP contribution in [0.1, 0.15) is 10.4 Å². The summed E-state index contributed by atoms with van der Waals surface area (Å²) in [7, 11) is -4.05. The number of benzene rings is 3. The van der Waals surface area contributed by atoms with Gasteiger partial charge in [-0.25, -0.2) is 13.6 Å². The van der Waals surface area contributed by atoms with Crippen molar-refractivity contribution in [1.82, 2.24) is 5.43 Å². The van der Waals surface area contributed by atoms with Crippen molar-refractivity contribution >= 4 is 38.9 Å². The summed E-state index contributed by atoms with van der Waals surface area (Å²) in [6.07, 6.45) is 0. The molecule has 0 aliphatic rings. The highest BCUT2D eigenvalue weighted by Crippen LogP contribution is 2.24. The van der Waals surface area contributed by atoms with Crippen LogP contribution in [0.5, 0.6) is 0 Å². The van der Waals surface area contributed by atoms with Crippen molar-refractivity contribution in [3.05, 3.63) is 89.4 Å². The third-order valence-corrected chi connectivity index (χ3v) is 5.13. The summed E-state index contributed by atoms with van der Waals surface area (Å²) in [6.45, 7) is 0. The fourth-order valence-corrected chi connectivity index (χ4v) is 3.53. The topological polar surface area (TPSA) is 92.5 Å². The number of amides is 1. The van der Waals surface area contributed by atoms with E-state index in [1.807, 2.05) is 60.7 Å². The third kappa shape index (κ3) is 4.46. The quantitative estimate of drug-likeness (QED) is 0.640. The summed E-state index contributed by atoms with van der Waals surface area (Å²) in [5, 5.41) is 6.72. The molecule has 0 radical (unpaired) electrons. The largest absolute Gasteiger partial charge is 0.270 e. The number of nitrogens with two attached hydrogens (primary N) is 1. The van der Waals surface area contributed by atoms with Gasteiger partial charge in [-0.15, -0.1) is 0 Å². The van der Waals surface area contributed by atoms with Crippen molar-refractivity contribution in [3.63, 3.8) is 0 Å². The first kappa shape index (κ1) is 18.9. The fraction of sp³-hybridized carbons (Fsp3) is 0. The molecule has 0 spiro atoms. The molecule has 3 rings (SSSR count). The van der Waals surface area contributed by atoms with E-state index in [1.165, 1.54) is 12.1 Å². The van der Waals surface area contributed by atoms with E-state index < -0.39 is 15.9 Å². The number of anilines is 2. The number of carbonyl (C=O) groups excluding carboxylic acids is 1. The molecule has 0 aliphatic carbocycles. The van der Waals surface area contributed by atoms with Crippen LogP contribution in [0.15, 0.2) is 83.8 Å². The molecule has 6 nitrogen and oxygen atoms in total. The standard InChI is InChI=1S/C19H16ClN3O3S/c20-17-12-11-14(13-18(17)27(21,25)26)19(24)22-23(15-7-3-1-4-8-15)16-9-5-2-6-10-16/h1-13H,(H,22,24)(H2,21,25,26). The lowest BCUT2D eigenvalue weighted by Crippen LogP contribution is -2.39. The van der Waals surface area contributed by atoms with Crippen LogP contribution in [0.4, 0.5) is 11.4 Å². The highest BCUT2D eigenvalue weighted by molar-refractivity contribution is 7.89.